The van der Waals surface area contributed by atoms with Gasteiger partial charge in [-0.3, -0.25) is 9.79 Å². The Labute approximate surface area is 143 Å². The van der Waals surface area contributed by atoms with Crippen molar-refractivity contribution in [2.75, 3.05) is 53.3 Å². The Bertz CT molecular complexity index is 438. The molecule has 7 heteroatoms. The molecular formula is C16H29N3O3S. The second kappa shape index (κ2) is 8.24. The number of carbonyl (C=O) groups excluding carboxylic acids is 1. The van der Waals surface area contributed by atoms with Crippen molar-refractivity contribution in [2.45, 2.75) is 24.5 Å². The molecule has 0 amide bonds. The van der Waals surface area contributed by atoms with E-state index in [0.29, 0.717) is 6.54 Å². The van der Waals surface area contributed by atoms with E-state index in [1.54, 1.807) is 7.05 Å². The number of ether oxygens (including phenoxy) is 2. The van der Waals surface area contributed by atoms with Crippen molar-refractivity contribution in [3.05, 3.63) is 0 Å². The molecule has 0 saturated carbocycles. The molecule has 0 aromatic carbocycles. The highest BCUT2D eigenvalue weighted by atomic mass is 32.2. The smallest absolute Gasteiger partial charge is 0.310 e. The minimum atomic E-state index is -0.125. The molecule has 2 unspecified atom stereocenters. The van der Waals surface area contributed by atoms with Gasteiger partial charge in [0.05, 0.1) is 13.0 Å². The highest BCUT2D eigenvalue weighted by molar-refractivity contribution is 8.00. The highest BCUT2D eigenvalue weighted by Gasteiger charge is 2.38. The molecule has 0 radical (unpaired) electrons. The monoisotopic (exact) mass is 343 g/mol. The van der Waals surface area contributed by atoms with Gasteiger partial charge in [0, 0.05) is 44.6 Å². The number of methoxy groups -OCH3 is 1. The summed E-state index contributed by atoms with van der Waals surface area (Å²) in [5.41, 5.74) is 0. The molecular weight excluding hydrogens is 314 g/mol. The number of aliphatic imine (C=N–C) groups is 1. The molecule has 2 fully saturated rings. The van der Waals surface area contributed by atoms with Gasteiger partial charge >= 0.3 is 5.97 Å². The Morgan fingerprint density at radius 2 is 2.13 bits per heavy atom. The van der Waals surface area contributed by atoms with Gasteiger partial charge in [0.2, 0.25) is 0 Å². The SMILES string of the molecule is CN=C(NCC1(SC)CCOCC1)N1CC(C)C(C(=O)OC)C1. The summed E-state index contributed by atoms with van der Waals surface area (Å²) >= 11 is 1.91. The molecule has 0 bridgehead atoms. The van der Waals surface area contributed by atoms with E-state index in [1.807, 2.05) is 11.8 Å². The molecule has 2 aliphatic rings. The molecule has 23 heavy (non-hydrogen) atoms. The average Bonchev–Trinajstić information content (AvgIpc) is 2.97. The van der Waals surface area contributed by atoms with Gasteiger partial charge < -0.3 is 19.7 Å². The zero-order chi connectivity index (χ0) is 16.9. The number of guanidine groups is 1. The molecule has 2 heterocycles. The molecule has 2 aliphatic heterocycles. The lowest BCUT2D eigenvalue weighted by molar-refractivity contribution is -0.145. The van der Waals surface area contributed by atoms with Crippen LogP contribution >= 0.6 is 11.8 Å². The number of rotatable bonds is 4. The van der Waals surface area contributed by atoms with E-state index >= 15 is 0 Å². The van der Waals surface area contributed by atoms with Crippen molar-refractivity contribution in [1.29, 1.82) is 0 Å². The largest absolute Gasteiger partial charge is 0.469 e. The number of hydrogen-bond donors (Lipinski definition) is 1. The molecule has 1 N–H and O–H groups in total. The van der Waals surface area contributed by atoms with Crippen LogP contribution in [0.1, 0.15) is 19.8 Å². The number of likely N-dealkylation sites (tertiary alicyclic amines) is 1. The van der Waals surface area contributed by atoms with Crippen LogP contribution in [0.4, 0.5) is 0 Å². The molecule has 2 atom stereocenters. The summed E-state index contributed by atoms with van der Waals surface area (Å²) in [6.07, 6.45) is 4.28. The van der Waals surface area contributed by atoms with Crippen LogP contribution in [-0.2, 0) is 14.3 Å². The van der Waals surface area contributed by atoms with Gasteiger partial charge in [-0.15, -0.1) is 0 Å². The zero-order valence-corrected chi connectivity index (χ0v) is 15.4. The number of esters is 1. The maximum atomic E-state index is 11.9. The molecule has 2 saturated heterocycles. The van der Waals surface area contributed by atoms with Crippen molar-refractivity contribution in [3.8, 4) is 0 Å². The van der Waals surface area contributed by atoms with Gasteiger partial charge in [-0.2, -0.15) is 11.8 Å². The van der Waals surface area contributed by atoms with Crippen LogP contribution in [0.25, 0.3) is 0 Å². The fourth-order valence-electron chi connectivity index (χ4n) is 3.37. The summed E-state index contributed by atoms with van der Waals surface area (Å²) in [6, 6.07) is 0. The predicted octanol–water partition coefficient (Wildman–Crippen LogP) is 1.21. The molecule has 132 valence electrons. The number of nitrogens with one attached hydrogen (secondary N) is 1. The molecule has 0 aliphatic carbocycles. The Morgan fingerprint density at radius 3 is 2.70 bits per heavy atom. The van der Waals surface area contributed by atoms with Crippen LogP contribution < -0.4 is 5.32 Å². The molecule has 0 aromatic rings. The predicted molar refractivity (Wildman–Crippen MR) is 93.9 cm³/mol. The van der Waals surface area contributed by atoms with Crippen molar-refractivity contribution < 1.29 is 14.3 Å². The molecule has 0 spiro atoms. The molecule has 0 aromatic heterocycles. The number of nitrogens with zero attached hydrogens (tertiary/aromatic N) is 2. The van der Waals surface area contributed by atoms with Gasteiger partial charge in [0.25, 0.3) is 0 Å². The van der Waals surface area contributed by atoms with E-state index in [4.69, 9.17) is 9.47 Å². The fourth-order valence-corrected chi connectivity index (χ4v) is 4.16. The van der Waals surface area contributed by atoms with Crippen LogP contribution in [0.3, 0.4) is 0 Å². The number of hydrogen-bond acceptors (Lipinski definition) is 5. The molecule has 6 nitrogen and oxygen atoms in total. The van der Waals surface area contributed by atoms with Gasteiger partial charge in [0.1, 0.15) is 0 Å². The summed E-state index contributed by atoms with van der Waals surface area (Å²) in [7, 11) is 3.26. The Morgan fingerprint density at radius 1 is 1.43 bits per heavy atom. The van der Waals surface area contributed by atoms with Gasteiger partial charge in [0.15, 0.2) is 5.96 Å². The Kier molecular flexibility index (Phi) is 6.59. The lowest BCUT2D eigenvalue weighted by atomic mass is 9.99. The first-order valence-electron chi connectivity index (χ1n) is 8.21. The first-order valence-corrected chi connectivity index (χ1v) is 9.44. The maximum Gasteiger partial charge on any atom is 0.310 e. The third-order valence-electron chi connectivity index (χ3n) is 5.03. The van der Waals surface area contributed by atoms with E-state index < -0.39 is 0 Å². The fraction of sp³-hybridized carbons (Fsp3) is 0.875. The maximum absolute atomic E-state index is 11.9. The average molecular weight is 343 g/mol. The van der Waals surface area contributed by atoms with Crippen LogP contribution in [0, 0.1) is 11.8 Å². The zero-order valence-electron chi connectivity index (χ0n) is 14.6. The van der Waals surface area contributed by atoms with E-state index in [2.05, 4.69) is 28.4 Å². The lowest BCUT2D eigenvalue weighted by Gasteiger charge is -2.37. The molecule has 2 rings (SSSR count). The van der Waals surface area contributed by atoms with Gasteiger partial charge in [-0.25, -0.2) is 0 Å². The van der Waals surface area contributed by atoms with Crippen LogP contribution in [0.5, 0.6) is 0 Å². The van der Waals surface area contributed by atoms with Crippen LogP contribution in [0.15, 0.2) is 4.99 Å². The summed E-state index contributed by atoms with van der Waals surface area (Å²) in [5, 5.41) is 3.52. The quantitative estimate of drug-likeness (QED) is 0.470. The van der Waals surface area contributed by atoms with Crippen molar-refractivity contribution in [1.82, 2.24) is 10.2 Å². The van der Waals surface area contributed by atoms with Crippen LogP contribution in [-0.4, -0.2) is 74.8 Å². The van der Waals surface area contributed by atoms with Crippen molar-refractivity contribution in [2.24, 2.45) is 16.8 Å². The van der Waals surface area contributed by atoms with E-state index in [0.717, 1.165) is 45.1 Å². The van der Waals surface area contributed by atoms with E-state index in [1.165, 1.54) is 7.11 Å². The summed E-state index contributed by atoms with van der Waals surface area (Å²) in [4.78, 5) is 18.4. The lowest BCUT2D eigenvalue weighted by Crippen LogP contribution is -2.49. The van der Waals surface area contributed by atoms with Gasteiger partial charge in [-0.1, -0.05) is 6.92 Å². The standard InChI is InChI=1S/C16H29N3O3S/c1-12-9-19(10-13(12)14(20)21-3)15(17-2)18-11-16(23-4)5-7-22-8-6-16/h12-13H,5-11H2,1-4H3,(H,17,18). The first kappa shape index (κ1) is 18.4. The second-order valence-electron chi connectivity index (χ2n) is 6.41. The number of thioether (sulfide) groups is 1. The number of carbonyl (C=O) groups is 1. The van der Waals surface area contributed by atoms with Crippen molar-refractivity contribution >= 4 is 23.7 Å². The van der Waals surface area contributed by atoms with E-state index in [9.17, 15) is 4.79 Å². The van der Waals surface area contributed by atoms with Crippen LogP contribution in [0.2, 0.25) is 0 Å². The first-order chi connectivity index (χ1) is 11.0. The summed E-state index contributed by atoms with van der Waals surface area (Å²) < 4.78 is 10.6. The summed E-state index contributed by atoms with van der Waals surface area (Å²) in [6.45, 7) is 6.12. The van der Waals surface area contributed by atoms with E-state index in [-0.39, 0.29) is 22.6 Å². The third kappa shape index (κ3) is 4.32. The highest BCUT2D eigenvalue weighted by Crippen LogP contribution is 2.33. The third-order valence-corrected chi connectivity index (χ3v) is 6.45. The Hall–Kier alpha value is -0.950. The Balaban J connectivity index is 1.94. The minimum Gasteiger partial charge on any atom is -0.469 e. The minimum absolute atomic E-state index is 0.0730. The normalized spacial score (nSPS) is 27.8. The van der Waals surface area contributed by atoms with Gasteiger partial charge in [-0.05, 0) is 25.0 Å². The van der Waals surface area contributed by atoms with Crippen molar-refractivity contribution in [3.63, 3.8) is 0 Å². The second-order valence-corrected chi connectivity index (χ2v) is 7.69. The topological polar surface area (TPSA) is 63.2 Å². The summed E-state index contributed by atoms with van der Waals surface area (Å²) in [5.74, 6) is 0.957.